The number of aliphatic hydroxyl groups is 3. The summed E-state index contributed by atoms with van der Waals surface area (Å²) in [6.07, 6.45) is -7.84. The SMILES string of the molecule is N[C@H](CC(F)(F)[C@@H]1C[C@@H](O)[C@@H](O)[C@@H](CO)O1)C(=O)O. The minimum Gasteiger partial charge on any atom is -0.480 e. The largest absolute Gasteiger partial charge is 0.480 e. The third kappa shape index (κ3) is 3.80. The number of alkyl halides is 2. The van der Waals surface area contributed by atoms with Gasteiger partial charge in [-0.3, -0.25) is 4.79 Å². The molecule has 9 heteroatoms. The van der Waals surface area contributed by atoms with Crippen LogP contribution >= 0.6 is 0 Å². The van der Waals surface area contributed by atoms with Crippen molar-refractivity contribution < 1.29 is 38.7 Å². The monoisotopic (exact) mass is 285 g/mol. The van der Waals surface area contributed by atoms with Crippen LogP contribution in [0.25, 0.3) is 0 Å². The van der Waals surface area contributed by atoms with E-state index in [4.69, 9.17) is 20.7 Å². The highest BCUT2D eigenvalue weighted by molar-refractivity contribution is 5.73. The van der Waals surface area contributed by atoms with E-state index in [-0.39, 0.29) is 0 Å². The zero-order valence-corrected chi connectivity index (χ0v) is 9.95. The molecule has 0 spiro atoms. The van der Waals surface area contributed by atoms with Gasteiger partial charge in [-0.1, -0.05) is 0 Å². The van der Waals surface area contributed by atoms with Crippen molar-refractivity contribution in [1.82, 2.24) is 0 Å². The number of halogens is 2. The molecule has 5 atom stereocenters. The van der Waals surface area contributed by atoms with Crippen LogP contribution in [0.1, 0.15) is 12.8 Å². The Hall–Kier alpha value is -0.870. The van der Waals surface area contributed by atoms with Gasteiger partial charge in [-0.2, -0.15) is 0 Å². The first kappa shape index (κ1) is 16.2. The molecule has 0 unspecified atom stereocenters. The molecule has 1 saturated heterocycles. The molecule has 0 aromatic carbocycles. The van der Waals surface area contributed by atoms with Crippen molar-refractivity contribution in [2.24, 2.45) is 5.73 Å². The van der Waals surface area contributed by atoms with Crippen LogP contribution in [0.5, 0.6) is 0 Å². The van der Waals surface area contributed by atoms with Crippen molar-refractivity contribution in [3.8, 4) is 0 Å². The summed E-state index contributed by atoms with van der Waals surface area (Å²) in [6, 6.07) is -1.77. The standard InChI is InChI=1S/C10H17F2NO6/c11-10(12,2-4(13)9(17)18)7-1-5(15)8(16)6(3-14)19-7/h4-8,14-16H,1-3,13H2,(H,17,18)/t4-,5-,6-,7+,8-/m1/s1. The topological polar surface area (TPSA) is 133 Å². The van der Waals surface area contributed by atoms with Crippen molar-refractivity contribution in [1.29, 1.82) is 0 Å². The van der Waals surface area contributed by atoms with Gasteiger partial charge in [0.15, 0.2) is 0 Å². The van der Waals surface area contributed by atoms with Gasteiger partial charge in [0, 0.05) is 12.8 Å². The van der Waals surface area contributed by atoms with Gasteiger partial charge < -0.3 is 30.9 Å². The highest BCUT2D eigenvalue weighted by Crippen LogP contribution is 2.34. The summed E-state index contributed by atoms with van der Waals surface area (Å²) in [5.74, 6) is -5.17. The third-order valence-corrected chi connectivity index (χ3v) is 3.03. The Morgan fingerprint density at radius 1 is 1.47 bits per heavy atom. The first-order valence-corrected chi connectivity index (χ1v) is 5.67. The molecule has 1 aliphatic rings. The number of aliphatic hydroxyl groups excluding tert-OH is 3. The average molecular weight is 285 g/mol. The Morgan fingerprint density at radius 3 is 2.53 bits per heavy atom. The number of hydrogen-bond acceptors (Lipinski definition) is 6. The molecule has 6 N–H and O–H groups in total. The predicted molar refractivity (Wildman–Crippen MR) is 57.6 cm³/mol. The van der Waals surface area contributed by atoms with E-state index in [9.17, 15) is 23.8 Å². The van der Waals surface area contributed by atoms with E-state index < -0.39 is 61.8 Å². The van der Waals surface area contributed by atoms with E-state index in [2.05, 4.69) is 0 Å². The summed E-state index contributed by atoms with van der Waals surface area (Å²) in [6.45, 7) is -0.740. The Bertz CT molecular complexity index is 329. The smallest absolute Gasteiger partial charge is 0.320 e. The molecule has 1 fully saturated rings. The second-order valence-corrected chi connectivity index (χ2v) is 4.55. The van der Waals surface area contributed by atoms with E-state index in [0.29, 0.717) is 0 Å². The highest BCUT2D eigenvalue weighted by atomic mass is 19.3. The molecule has 1 heterocycles. The molecule has 112 valence electrons. The lowest BCUT2D eigenvalue weighted by Crippen LogP contribution is -2.56. The van der Waals surface area contributed by atoms with E-state index in [1.54, 1.807) is 0 Å². The second-order valence-electron chi connectivity index (χ2n) is 4.55. The number of carbonyl (C=O) groups is 1. The average Bonchev–Trinajstić information content (AvgIpc) is 2.31. The van der Waals surface area contributed by atoms with Gasteiger partial charge in [-0.05, 0) is 0 Å². The van der Waals surface area contributed by atoms with Gasteiger partial charge in [-0.15, -0.1) is 0 Å². The van der Waals surface area contributed by atoms with Crippen molar-refractivity contribution in [2.45, 2.75) is 49.2 Å². The van der Waals surface area contributed by atoms with E-state index >= 15 is 0 Å². The minimum atomic E-state index is -3.59. The summed E-state index contributed by atoms with van der Waals surface area (Å²) in [4.78, 5) is 10.5. The van der Waals surface area contributed by atoms with Crippen LogP contribution in [0, 0.1) is 0 Å². The van der Waals surface area contributed by atoms with Crippen molar-refractivity contribution in [3.05, 3.63) is 0 Å². The van der Waals surface area contributed by atoms with Crippen molar-refractivity contribution in [3.63, 3.8) is 0 Å². The number of rotatable bonds is 5. The van der Waals surface area contributed by atoms with Crippen LogP contribution in [-0.4, -0.2) is 69.4 Å². The molecule has 0 bridgehead atoms. The molecular formula is C10H17F2NO6. The lowest BCUT2D eigenvalue weighted by molar-refractivity contribution is -0.241. The predicted octanol–water partition coefficient (Wildman–Crippen LogP) is -1.70. The Morgan fingerprint density at radius 2 is 2.05 bits per heavy atom. The summed E-state index contributed by atoms with van der Waals surface area (Å²) in [5.41, 5.74) is 5.04. The van der Waals surface area contributed by atoms with Crippen LogP contribution < -0.4 is 5.73 Å². The molecule has 0 aromatic rings. The van der Waals surface area contributed by atoms with Crippen LogP contribution in [0.15, 0.2) is 0 Å². The number of ether oxygens (including phenoxy) is 1. The number of aliphatic carboxylic acids is 1. The van der Waals surface area contributed by atoms with Crippen LogP contribution in [-0.2, 0) is 9.53 Å². The zero-order chi connectivity index (χ0) is 14.8. The maximum Gasteiger partial charge on any atom is 0.320 e. The molecule has 0 radical (unpaired) electrons. The molecule has 0 amide bonds. The maximum atomic E-state index is 13.8. The highest BCUT2D eigenvalue weighted by Gasteiger charge is 2.49. The van der Waals surface area contributed by atoms with Gasteiger partial charge in [-0.25, -0.2) is 8.78 Å². The molecule has 7 nitrogen and oxygen atoms in total. The lowest BCUT2D eigenvalue weighted by atomic mass is 9.92. The number of hydrogen-bond donors (Lipinski definition) is 5. The van der Waals surface area contributed by atoms with Crippen molar-refractivity contribution >= 4 is 5.97 Å². The molecule has 0 saturated carbocycles. The number of carboxylic acids is 1. The van der Waals surface area contributed by atoms with E-state index in [1.165, 1.54) is 0 Å². The molecule has 0 aromatic heterocycles. The summed E-state index contributed by atoms with van der Waals surface area (Å²) in [5, 5.41) is 36.2. The Balaban J connectivity index is 2.75. The third-order valence-electron chi connectivity index (χ3n) is 3.03. The zero-order valence-electron chi connectivity index (χ0n) is 9.95. The Labute approximate surface area is 107 Å². The second kappa shape index (κ2) is 6.06. The quantitative estimate of drug-likeness (QED) is 0.406. The first-order valence-electron chi connectivity index (χ1n) is 5.67. The molecular weight excluding hydrogens is 268 g/mol. The lowest BCUT2D eigenvalue weighted by Gasteiger charge is -2.39. The molecule has 1 aliphatic heterocycles. The minimum absolute atomic E-state index is 0.572. The van der Waals surface area contributed by atoms with E-state index in [0.717, 1.165) is 0 Å². The molecule has 1 rings (SSSR count). The van der Waals surface area contributed by atoms with Gasteiger partial charge in [0.05, 0.1) is 12.7 Å². The summed E-state index contributed by atoms with van der Waals surface area (Å²) in [7, 11) is 0. The van der Waals surface area contributed by atoms with E-state index in [1.807, 2.05) is 0 Å². The fourth-order valence-electron chi connectivity index (χ4n) is 1.89. The fraction of sp³-hybridized carbons (Fsp3) is 0.900. The van der Waals surface area contributed by atoms with Gasteiger partial charge in [0.1, 0.15) is 24.4 Å². The first-order chi connectivity index (χ1) is 8.69. The number of nitrogens with two attached hydrogens (primary N) is 1. The maximum absolute atomic E-state index is 13.8. The molecule has 19 heavy (non-hydrogen) atoms. The van der Waals surface area contributed by atoms with Gasteiger partial charge in [0.2, 0.25) is 0 Å². The summed E-state index contributed by atoms with van der Waals surface area (Å²) < 4.78 is 32.4. The Kier molecular flexibility index (Phi) is 5.16. The van der Waals surface area contributed by atoms with Gasteiger partial charge in [0.25, 0.3) is 5.92 Å². The fourth-order valence-corrected chi connectivity index (χ4v) is 1.89. The normalized spacial score (nSPS) is 34.0. The summed E-state index contributed by atoms with van der Waals surface area (Å²) >= 11 is 0. The van der Waals surface area contributed by atoms with Crippen LogP contribution in [0.3, 0.4) is 0 Å². The van der Waals surface area contributed by atoms with Crippen LogP contribution in [0.4, 0.5) is 8.78 Å². The van der Waals surface area contributed by atoms with Gasteiger partial charge >= 0.3 is 5.97 Å². The van der Waals surface area contributed by atoms with Crippen LogP contribution in [0.2, 0.25) is 0 Å². The molecule has 0 aliphatic carbocycles. The number of carboxylic acid groups (broad SMARTS) is 1. The van der Waals surface area contributed by atoms with Crippen molar-refractivity contribution in [2.75, 3.05) is 6.61 Å².